The predicted octanol–water partition coefficient (Wildman–Crippen LogP) is 4.66. The molecular formula is C23H31N3O4. The summed E-state index contributed by atoms with van der Waals surface area (Å²) in [5.41, 5.74) is 2.77. The maximum Gasteiger partial charge on any atom is 0.177 e. The third-order valence-corrected chi connectivity index (χ3v) is 4.25. The van der Waals surface area contributed by atoms with E-state index in [4.69, 9.17) is 19.0 Å². The van der Waals surface area contributed by atoms with Crippen LogP contribution in [-0.4, -0.2) is 42.6 Å². The van der Waals surface area contributed by atoms with Gasteiger partial charge >= 0.3 is 0 Å². The van der Waals surface area contributed by atoms with Crippen LogP contribution >= 0.6 is 0 Å². The Hall–Kier alpha value is -3.09. The number of unbranched alkanes of at least 4 members (excludes halogenated alkanes) is 1. The van der Waals surface area contributed by atoms with Gasteiger partial charge in [-0.25, -0.2) is 9.97 Å². The summed E-state index contributed by atoms with van der Waals surface area (Å²) in [5.74, 6) is 2.93. The van der Waals surface area contributed by atoms with Gasteiger partial charge in [0, 0.05) is 0 Å². The average molecular weight is 414 g/mol. The number of oxime groups is 1. The van der Waals surface area contributed by atoms with Gasteiger partial charge < -0.3 is 19.0 Å². The number of hydrogen-bond donors (Lipinski definition) is 0. The van der Waals surface area contributed by atoms with Crippen LogP contribution in [0.5, 0.6) is 17.2 Å². The van der Waals surface area contributed by atoms with E-state index in [1.807, 2.05) is 45.1 Å². The molecule has 0 fully saturated rings. The highest BCUT2D eigenvalue weighted by molar-refractivity contribution is 5.94. The summed E-state index contributed by atoms with van der Waals surface area (Å²) in [5, 5.41) is 3.81. The van der Waals surface area contributed by atoms with E-state index in [1.54, 1.807) is 19.3 Å². The smallest absolute Gasteiger partial charge is 0.177 e. The first-order chi connectivity index (χ1) is 14.5. The Morgan fingerprint density at radius 3 is 2.20 bits per heavy atom. The molecule has 1 aromatic carbocycles. The lowest BCUT2D eigenvalue weighted by Crippen LogP contribution is -2.06. The number of allylic oxidation sites excluding steroid dienone is 1. The monoisotopic (exact) mass is 413 g/mol. The summed E-state index contributed by atoms with van der Waals surface area (Å²) in [6, 6.07) is 4.02. The fourth-order valence-electron chi connectivity index (χ4n) is 2.79. The van der Waals surface area contributed by atoms with Crippen molar-refractivity contribution in [3.05, 3.63) is 53.6 Å². The second kappa shape index (κ2) is 12.5. The van der Waals surface area contributed by atoms with E-state index < -0.39 is 0 Å². The summed E-state index contributed by atoms with van der Waals surface area (Å²) in [7, 11) is 1.49. The minimum Gasteiger partial charge on any atom is -0.493 e. The van der Waals surface area contributed by atoms with Gasteiger partial charge in [0.1, 0.15) is 30.9 Å². The van der Waals surface area contributed by atoms with E-state index in [9.17, 15) is 0 Å². The molecule has 0 bridgehead atoms. The van der Waals surface area contributed by atoms with Crippen LogP contribution in [0, 0.1) is 13.8 Å². The fraction of sp³-hybridized carbons (Fsp3) is 0.435. The minimum atomic E-state index is 0.515. The van der Waals surface area contributed by atoms with Crippen LogP contribution in [0.4, 0.5) is 0 Å². The fourth-order valence-corrected chi connectivity index (χ4v) is 2.79. The van der Waals surface area contributed by atoms with Gasteiger partial charge in [-0.2, -0.15) is 0 Å². The molecule has 2 aromatic rings. The van der Waals surface area contributed by atoms with Gasteiger partial charge in [0.2, 0.25) is 0 Å². The molecule has 30 heavy (non-hydrogen) atoms. The van der Waals surface area contributed by atoms with Gasteiger partial charge in [-0.1, -0.05) is 17.3 Å². The van der Waals surface area contributed by atoms with Gasteiger partial charge in [0.25, 0.3) is 0 Å². The molecular weight excluding hydrogens is 382 g/mol. The average Bonchev–Trinajstić information content (AvgIpc) is 2.73. The van der Waals surface area contributed by atoms with Crippen molar-refractivity contribution in [1.29, 1.82) is 0 Å². The molecule has 0 aliphatic rings. The van der Waals surface area contributed by atoms with Gasteiger partial charge in [0.15, 0.2) is 11.6 Å². The van der Waals surface area contributed by atoms with Crippen molar-refractivity contribution in [1.82, 2.24) is 9.97 Å². The number of ether oxygens (including phenoxy) is 3. The van der Waals surface area contributed by atoms with Crippen molar-refractivity contribution < 1.29 is 19.0 Å². The molecule has 7 heteroatoms. The summed E-state index contributed by atoms with van der Waals surface area (Å²) < 4.78 is 17.4. The molecule has 0 aliphatic heterocycles. The number of hydrogen-bond acceptors (Lipinski definition) is 7. The first-order valence-electron chi connectivity index (χ1n) is 10.1. The van der Waals surface area contributed by atoms with Crippen LogP contribution in [-0.2, 0) is 4.84 Å². The molecule has 2 rings (SSSR count). The minimum absolute atomic E-state index is 0.515. The predicted molar refractivity (Wildman–Crippen MR) is 118 cm³/mol. The van der Waals surface area contributed by atoms with Crippen molar-refractivity contribution in [3.8, 4) is 17.2 Å². The number of aromatic nitrogens is 2. The summed E-state index contributed by atoms with van der Waals surface area (Å²) in [6.45, 7) is 9.62. The number of nitrogens with zero attached hydrogens (tertiary/aromatic N) is 3. The zero-order valence-corrected chi connectivity index (χ0v) is 18.5. The van der Waals surface area contributed by atoms with Gasteiger partial charge in [-0.15, -0.1) is 0 Å². The van der Waals surface area contributed by atoms with Gasteiger partial charge in [0.05, 0.1) is 25.6 Å². The van der Waals surface area contributed by atoms with E-state index in [1.165, 1.54) is 7.11 Å². The molecule has 0 atom stereocenters. The molecule has 0 aliphatic carbocycles. The Labute approximate surface area is 178 Å². The zero-order chi connectivity index (χ0) is 21.8. The molecule has 0 spiro atoms. The highest BCUT2D eigenvalue weighted by atomic mass is 16.6. The second-order valence-electron chi connectivity index (χ2n) is 6.77. The van der Waals surface area contributed by atoms with Crippen LogP contribution in [0.25, 0.3) is 0 Å². The summed E-state index contributed by atoms with van der Waals surface area (Å²) in [4.78, 5) is 13.2. The molecule has 0 unspecified atom stereocenters. The third kappa shape index (κ3) is 7.39. The third-order valence-electron chi connectivity index (χ3n) is 4.25. The quantitative estimate of drug-likeness (QED) is 0.218. The van der Waals surface area contributed by atoms with E-state index >= 15 is 0 Å². The highest BCUT2D eigenvalue weighted by Gasteiger charge is 2.07. The SMILES string of the molecule is C/C=C/COc1cc(C)c(OCCCCOc2cnc(/C(C)=N/OC)nc2)c(C)c1. The Morgan fingerprint density at radius 1 is 0.967 bits per heavy atom. The molecule has 0 N–H and O–H groups in total. The van der Waals surface area contributed by atoms with Crippen LogP contribution < -0.4 is 14.2 Å². The molecule has 1 aromatic heterocycles. The van der Waals surface area contributed by atoms with Gasteiger partial charge in [-0.05, 0) is 63.8 Å². The van der Waals surface area contributed by atoms with Crippen molar-refractivity contribution in [2.24, 2.45) is 5.16 Å². The maximum atomic E-state index is 5.99. The van der Waals surface area contributed by atoms with Crippen LogP contribution in [0.15, 0.2) is 41.8 Å². The van der Waals surface area contributed by atoms with Crippen LogP contribution in [0.3, 0.4) is 0 Å². The van der Waals surface area contributed by atoms with E-state index in [0.29, 0.717) is 37.1 Å². The maximum absolute atomic E-state index is 5.99. The molecule has 0 amide bonds. The number of benzene rings is 1. The van der Waals surface area contributed by atoms with Crippen molar-refractivity contribution >= 4 is 5.71 Å². The van der Waals surface area contributed by atoms with Crippen LogP contribution in [0.1, 0.15) is 43.6 Å². The van der Waals surface area contributed by atoms with E-state index in [-0.39, 0.29) is 0 Å². The lowest BCUT2D eigenvalue weighted by Gasteiger charge is -2.14. The second-order valence-corrected chi connectivity index (χ2v) is 6.77. The highest BCUT2D eigenvalue weighted by Crippen LogP contribution is 2.28. The Morgan fingerprint density at radius 2 is 1.60 bits per heavy atom. The summed E-state index contributed by atoms with van der Waals surface area (Å²) >= 11 is 0. The molecule has 0 saturated heterocycles. The molecule has 162 valence electrons. The zero-order valence-electron chi connectivity index (χ0n) is 18.5. The standard InChI is InChI=1S/C23H31N3O4/c1-6-7-10-28-20-13-17(2)22(18(3)14-20)30-12-9-8-11-29-21-15-24-23(25-16-21)19(4)26-27-5/h6-7,13-16H,8-12H2,1-5H3/b7-6+,26-19+. The molecule has 0 radical (unpaired) electrons. The lowest BCUT2D eigenvalue weighted by molar-refractivity contribution is 0.213. The van der Waals surface area contributed by atoms with Crippen molar-refractivity contribution in [3.63, 3.8) is 0 Å². The van der Waals surface area contributed by atoms with E-state index in [2.05, 4.69) is 15.1 Å². The molecule has 1 heterocycles. The van der Waals surface area contributed by atoms with Gasteiger partial charge in [-0.3, -0.25) is 0 Å². The first-order valence-corrected chi connectivity index (χ1v) is 10.1. The summed E-state index contributed by atoms with van der Waals surface area (Å²) in [6.07, 6.45) is 8.99. The van der Waals surface area contributed by atoms with Crippen molar-refractivity contribution in [2.45, 2.75) is 40.5 Å². The van der Waals surface area contributed by atoms with E-state index in [0.717, 1.165) is 35.5 Å². The number of aryl methyl sites for hydroxylation is 2. The Bertz CT molecular complexity index is 825. The first kappa shape index (κ1) is 23.2. The Kier molecular flexibility index (Phi) is 9.64. The van der Waals surface area contributed by atoms with Crippen molar-refractivity contribution in [2.75, 3.05) is 26.9 Å². The largest absolute Gasteiger partial charge is 0.493 e. The Balaban J connectivity index is 1.72. The normalized spacial score (nSPS) is 11.6. The van der Waals surface area contributed by atoms with Crippen LogP contribution in [0.2, 0.25) is 0 Å². The molecule has 0 saturated carbocycles. The molecule has 7 nitrogen and oxygen atoms in total. The number of rotatable bonds is 12. The lowest BCUT2D eigenvalue weighted by atomic mass is 10.1. The topological polar surface area (TPSA) is 75.1 Å².